The molecule has 70 valence electrons. The summed E-state index contributed by atoms with van der Waals surface area (Å²) < 4.78 is 24.3. The molecular weight excluding hydrogens is 184 g/mol. The molecule has 0 bridgehead atoms. The van der Waals surface area contributed by atoms with Crippen LogP contribution in [0.15, 0.2) is 6.20 Å². The number of hydrogen-bond acceptors (Lipinski definition) is 4. The number of alkyl halides is 2. The second kappa shape index (κ2) is 3.30. The Hall–Kier alpha value is -1.79. The van der Waals surface area contributed by atoms with Crippen molar-refractivity contribution in [2.75, 3.05) is 5.73 Å². The van der Waals surface area contributed by atoms with Crippen LogP contribution in [0.25, 0.3) is 0 Å². The number of halogens is 2. The van der Waals surface area contributed by atoms with Crippen LogP contribution in [0.3, 0.4) is 0 Å². The van der Waals surface area contributed by atoms with E-state index < -0.39 is 23.7 Å². The Morgan fingerprint density at radius 3 is 2.69 bits per heavy atom. The van der Waals surface area contributed by atoms with Crippen molar-refractivity contribution in [3.05, 3.63) is 17.5 Å². The fraction of sp³-hybridized carbons (Fsp3) is 0.167. The summed E-state index contributed by atoms with van der Waals surface area (Å²) in [6.07, 6.45) is -2.22. The summed E-state index contributed by atoms with van der Waals surface area (Å²) in [5.74, 6) is -1.88. The highest BCUT2D eigenvalue weighted by molar-refractivity contribution is 5.88. The molecular formula is C6H5F2N3O2. The van der Waals surface area contributed by atoms with Crippen LogP contribution < -0.4 is 5.73 Å². The molecule has 0 radical (unpaired) electrons. The summed E-state index contributed by atoms with van der Waals surface area (Å²) >= 11 is 0. The Labute approximate surface area is 71.2 Å². The van der Waals surface area contributed by atoms with Crippen molar-refractivity contribution in [1.29, 1.82) is 0 Å². The number of rotatable bonds is 2. The van der Waals surface area contributed by atoms with Crippen LogP contribution in [0.1, 0.15) is 22.5 Å². The van der Waals surface area contributed by atoms with Crippen LogP contribution in [-0.2, 0) is 0 Å². The quantitative estimate of drug-likeness (QED) is 0.714. The average molecular weight is 189 g/mol. The van der Waals surface area contributed by atoms with Crippen LogP contribution in [0.5, 0.6) is 0 Å². The Morgan fingerprint density at radius 2 is 2.23 bits per heavy atom. The molecule has 0 unspecified atom stereocenters. The number of carboxylic acid groups (broad SMARTS) is 1. The lowest BCUT2D eigenvalue weighted by atomic mass is 10.2. The maximum absolute atomic E-state index is 12.2. The number of aromatic nitrogens is 2. The van der Waals surface area contributed by atoms with E-state index in [9.17, 15) is 13.6 Å². The first kappa shape index (κ1) is 9.30. The Balaban J connectivity index is 3.26. The minimum absolute atomic E-state index is 0.375. The molecule has 5 nitrogen and oxygen atoms in total. The van der Waals surface area contributed by atoms with Crippen LogP contribution in [0.4, 0.5) is 14.7 Å². The van der Waals surface area contributed by atoms with Crippen molar-refractivity contribution in [1.82, 2.24) is 9.97 Å². The Bertz CT molecular complexity index is 343. The molecule has 0 atom stereocenters. The zero-order valence-corrected chi connectivity index (χ0v) is 6.24. The summed E-state index contributed by atoms with van der Waals surface area (Å²) in [4.78, 5) is 16.8. The largest absolute Gasteiger partial charge is 0.478 e. The summed E-state index contributed by atoms with van der Waals surface area (Å²) in [5, 5.41) is 8.45. The van der Waals surface area contributed by atoms with Gasteiger partial charge in [-0.15, -0.1) is 0 Å². The van der Waals surface area contributed by atoms with Gasteiger partial charge in [-0.3, -0.25) is 0 Å². The maximum Gasteiger partial charge on any atom is 0.339 e. The van der Waals surface area contributed by atoms with E-state index in [0.29, 0.717) is 0 Å². The molecule has 0 aliphatic heterocycles. The third-order valence-electron chi connectivity index (χ3n) is 1.27. The first-order valence-electron chi connectivity index (χ1n) is 3.16. The molecule has 0 fully saturated rings. The van der Waals surface area contributed by atoms with Crippen molar-refractivity contribution in [2.45, 2.75) is 6.43 Å². The SMILES string of the molecule is Nc1ncc(C(=O)O)c(C(F)F)n1. The van der Waals surface area contributed by atoms with Crippen LogP contribution in [0, 0.1) is 0 Å². The first-order chi connectivity index (χ1) is 6.02. The van der Waals surface area contributed by atoms with E-state index in [1.807, 2.05) is 0 Å². The molecule has 0 aliphatic rings. The number of hydrogen-bond donors (Lipinski definition) is 2. The number of nitrogens with zero attached hydrogens (tertiary/aromatic N) is 2. The van der Waals surface area contributed by atoms with E-state index in [1.165, 1.54) is 0 Å². The third-order valence-corrected chi connectivity index (χ3v) is 1.27. The minimum Gasteiger partial charge on any atom is -0.478 e. The predicted molar refractivity (Wildman–Crippen MR) is 38.4 cm³/mol. The van der Waals surface area contributed by atoms with Crippen LogP contribution in [0.2, 0.25) is 0 Å². The van der Waals surface area contributed by atoms with E-state index in [1.54, 1.807) is 0 Å². The van der Waals surface area contributed by atoms with Gasteiger partial charge < -0.3 is 10.8 Å². The summed E-state index contributed by atoms with van der Waals surface area (Å²) in [5.41, 5.74) is 3.52. The summed E-state index contributed by atoms with van der Waals surface area (Å²) in [7, 11) is 0. The third kappa shape index (κ3) is 1.86. The van der Waals surface area contributed by atoms with Crippen molar-refractivity contribution in [3.63, 3.8) is 0 Å². The van der Waals surface area contributed by atoms with Gasteiger partial charge in [-0.25, -0.2) is 23.5 Å². The lowest BCUT2D eigenvalue weighted by Crippen LogP contribution is -2.08. The van der Waals surface area contributed by atoms with Crippen LogP contribution in [-0.4, -0.2) is 21.0 Å². The average Bonchev–Trinajstić information content (AvgIpc) is 2.03. The molecule has 0 aliphatic carbocycles. The number of carbonyl (C=O) groups is 1. The second-order valence-electron chi connectivity index (χ2n) is 2.13. The zero-order valence-electron chi connectivity index (χ0n) is 6.24. The predicted octanol–water partition coefficient (Wildman–Crippen LogP) is 0.695. The highest BCUT2D eigenvalue weighted by Gasteiger charge is 2.20. The molecule has 0 spiro atoms. The van der Waals surface area contributed by atoms with Crippen molar-refractivity contribution >= 4 is 11.9 Å². The minimum atomic E-state index is -2.98. The van der Waals surface area contributed by atoms with Crippen molar-refractivity contribution in [3.8, 4) is 0 Å². The lowest BCUT2D eigenvalue weighted by molar-refractivity contribution is 0.0681. The van der Waals surface area contributed by atoms with Gasteiger partial charge in [-0.05, 0) is 0 Å². The number of nitrogen functional groups attached to an aromatic ring is 1. The van der Waals surface area contributed by atoms with E-state index in [4.69, 9.17) is 10.8 Å². The van der Waals surface area contributed by atoms with Gasteiger partial charge in [-0.2, -0.15) is 0 Å². The standard InChI is InChI=1S/C6H5F2N3O2/c7-4(8)3-2(5(12)13)1-10-6(9)11-3/h1,4H,(H,12,13)(H2,9,10,11). The highest BCUT2D eigenvalue weighted by Crippen LogP contribution is 2.20. The smallest absolute Gasteiger partial charge is 0.339 e. The number of carboxylic acids is 1. The molecule has 0 amide bonds. The molecule has 7 heteroatoms. The number of aromatic carboxylic acids is 1. The molecule has 0 aromatic carbocycles. The molecule has 0 saturated carbocycles. The monoisotopic (exact) mass is 189 g/mol. The molecule has 0 saturated heterocycles. The van der Waals surface area contributed by atoms with Crippen LogP contribution >= 0.6 is 0 Å². The van der Waals surface area contributed by atoms with E-state index in [0.717, 1.165) is 6.20 Å². The fourth-order valence-corrected chi connectivity index (χ4v) is 0.740. The first-order valence-corrected chi connectivity index (χ1v) is 3.16. The summed E-state index contributed by atoms with van der Waals surface area (Å²) in [6, 6.07) is 0. The number of nitrogens with two attached hydrogens (primary N) is 1. The van der Waals surface area contributed by atoms with Crippen molar-refractivity contribution < 1.29 is 18.7 Å². The van der Waals surface area contributed by atoms with Gasteiger partial charge in [0.1, 0.15) is 11.3 Å². The normalized spacial score (nSPS) is 10.4. The van der Waals surface area contributed by atoms with Gasteiger partial charge in [0.15, 0.2) is 0 Å². The molecule has 1 aromatic heterocycles. The van der Waals surface area contributed by atoms with Gasteiger partial charge in [0.25, 0.3) is 6.43 Å². The highest BCUT2D eigenvalue weighted by atomic mass is 19.3. The van der Waals surface area contributed by atoms with E-state index in [-0.39, 0.29) is 5.95 Å². The van der Waals surface area contributed by atoms with Gasteiger partial charge in [0.05, 0.1) is 0 Å². The zero-order chi connectivity index (χ0) is 10.0. The molecule has 3 N–H and O–H groups in total. The lowest BCUT2D eigenvalue weighted by Gasteiger charge is -2.02. The molecule has 1 aromatic rings. The Morgan fingerprint density at radius 1 is 1.62 bits per heavy atom. The van der Waals surface area contributed by atoms with Crippen molar-refractivity contribution in [2.24, 2.45) is 0 Å². The van der Waals surface area contributed by atoms with E-state index >= 15 is 0 Å². The van der Waals surface area contributed by atoms with E-state index in [2.05, 4.69) is 9.97 Å². The molecule has 13 heavy (non-hydrogen) atoms. The van der Waals surface area contributed by atoms with Gasteiger partial charge in [0, 0.05) is 6.20 Å². The second-order valence-corrected chi connectivity index (χ2v) is 2.13. The fourth-order valence-electron chi connectivity index (χ4n) is 0.740. The topological polar surface area (TPSA) is 89.1 Å². The van der Waals surface area contributed by atoms with Gasteiger partial charge in [-0.1, -0.05) is 0 Å². The Kier molecular flexibility index (Phi) is 2.36. The number of anilines is 1. The molecule has 1 rings (SSSR count). The summed E-state index contributed by atoms with van der Waals surface area (Å²) in [6.45, 7) is 0. The molecule has 1 heterocycles. The van der Waals surface area contributed by atoms with Gasteiger partial charge >= 0.3 is 5.97 Å². The van der Waals surface area contributed by atoms with Gasteiger partial charge in [0.2, 0.25) is 5.95 Å². The maximum atomic E-state index is 12.2.